The Hall–Kier alpha value is -2.86. The van der Waals surface area contributed by atoms with E-state index in [1.807, 2.05) is 0 Å². The predicted octanol–water partition coefficient (Wildman–Crippen LogP) is 2.61. The first-order chi connectivity index (χ1) is 20.8. The quantitative estimate of drug-likeness (QED) is 0.208. The zero-order valence-electron chi connectivity index (χ0n) is 22.6. The van der Waals surface area contributed by atoms with Gasteiger partial charge in [0.1, 0.15) is 0 Å². The third-order valence-corrected chi connectivity index (χ3v) is 15.8. The van der Waals surface area contributed by atoms with E-state index in [1.54, 1.807) is 0 Å². The number of fused-ring (bicyclic) bond motifs is 2. The molecule has 0 fully saturated rings. The molecule has 4 heteroatoms. The maximum atomic E-state index is 2.38. The normalized spacial score (nSPS) is 11.2. The Morgan fingerprint density at radius 1 is 0.238 bits per heavy atom. The Labute approximate surface area is 272 Å². The summed E-state index contributed by atoms with van der Waals surface area (Å²) in [6, 6.07) is 58.7. The summed E-state index contributed by atoms with van der Waals surface area (Å²) in [4.78, 5) is 0. The van der Waals surface area contributed by atoms with Crippen LogP contribution in [0.5, 0.6) is 0 Å². The van der Waals surface area contributed by atoms with Gasteiger partial charge in [-0.25, -0.2) is 0 Å². The van der Waals surface area contributed by atoms with Crippen LogP contribution in [0, 0.1) is 0 Å². The van der Waals surface area contributed by atoms with Crippen molar-refractivity contribution in [1.29, 1.82) is 0 Å². The first kappa shape index (κ1) is 27.9. The topological polar surface area (TPSA) is 0 Å². The second kappa shape index (κ2) is 13.2. The molecular formula is C38H26Se4. The molecule has 0 nitrogen and oxygen atoms in total. The molecule has 7 rings (SSSR count). The van der Waals surface area contributed by atoms with Crippen molar-refractivity contribution < 1.29 is 0 Å². The van der Waals surface area contributed by atoms with Crippen molar-refractivity contribution in [3.63, 3.8) is 0 Å². The number of rotatable bonds is 8. The van der Waals surface area contributed by atoms with Crippen molar-refractivity contribution in [3.8, 4) is 0 Å². The van der Waals surface area contributed by atoms with E-state index < -0.39 is 0 Å². The summed E-state index contributed by atoms with van der Waals surface area (Å²) in [6.07, 6.45) is 0. The van der Waals surface area contributed by atoms with Crippen molar-refractivity contribution >= 4 is 117 Å². The van der Waals surface area contributed by atoms with Crippen molar-refractivity contribution in [2.45, 2.75) is 0 Å². The van der Waals surface area contributed by atoms with Crippen LogP contribution in [0.4, 0.5) is 0 Å². The van der Waals surface area contributed by atoms with Crippen LogP contribution in [0.2, 0.25) is 0 Å². The average Bonchev–Trinajstić information content (AvgIpc) is 3.03. The molecule has 0 aliphatic rings. The van der Waals surface area contributed by atoms with Gasteiger partial charge in [0, 0.05) is 0 Å². The molecular weight excluding hydrogens is 772 g/mol. The minimum atomic E-state index is 0.249. The summed E-state index contributed by atoms with van der Waals surface area (Å²) in [7, 11) is 0. The van der Waals surface area contributed by atoms with E-state index in [1.165, 1.54) is 57.2 Å². The zero-order valence-corrected chi connectivity index (χ0v) is 29.5. The molecule has 7 aromatic carbocycles. The Balaban J connectivity index is 1.15. The van der Waals surface area contributed by atoms with Gasteiger partial charge in [0.25, 0.3) is 0 Å². The molecule has 0 heterocycles. The monoisotopic (exact) mass is 802 g/mol. The summed E-state index contributed by atoms with van der Waals surface area (Å²) >= 11 is 1.08. The third-order valence-electron chi connectivity index (χ3n) is 6.88. The van der Waals surface area contributed by atoms with Crippen molar-refractivity contribution in [2.24, 2.45) is 0 Å². The van der Waals surface area contributed by atoms with Crippen LogP contribution >= 0.6 is 0 Å². The maximum absolute atomic E-state index is 2.38. The van der Waals surface area contributed by atoms with Gasteiger partial charge in [0.05, 0.1) is 0 Å². The van der Waals surface area contributed by atoms with E-state index in [4.69, 9.17) is 0 Å². The van der Waals surface area contributed by atoms with Crippen LogP contribution < -0.4 is 35.7 Å². The van der Waals surface area contributed by atoms with E-state index in [9.17, 15) is 0 Å². The summed E-state index contributed by atoms with van der Waals surface area (Å²) in [5, 5.41) is 5.63. The minimum absolute atomic E-state index is 0.249. The second-order valence-electron chi connectivity index (χ2n) is 9.73. The molecule has 0 aliphatic carbocycles. The molecule has 42 heavy (non-hydrogen) atoms. The Kier molecular flexibility index (Phi) is 8.78. The summed E-state index contributed by atoms with van der Waals surface area (Å²) in [5.74, 6) is 0. The van der Waals surface area contributed by atoms with Crippen LogP contribution in [-0.2, 0) is 0 Å². The van der Waals surface area contributed by atoms with Crippen LogP contribution in [0.25, 0.3) is 21.5 Å². The molecule has 0 saturated heterocycles. The van der Waals surface area contributed by atoms with Gasteiger partial charge in [-0.15, -0.1) is 0 Å². The summed E-state index contributed by atoms with van der Waals surface area (Å²) in [5.41, 5.74) is 0. The van der Waals surface area contributed by atoms with E-state index in [-0.39, 0.29) is 29.9 Å². The summed E-state index contributed by atoms with van der Waals surface area (Å²) < 4.78 is 11.6. The number of hydrogen-bond donors (Lipinski definition) is 0. The van der Waals surface area contributed by atoms with Gasteiger partial charge >= 0.3 is 275 Å². The van der Waals surface area contributed by atoms with Gasteiger partial charge < -0.3 is 0 Å². The van der Waals surface area contributed by atoms with E-state index in [2.05, 4.69) is 158 Å². The Bertz CT molecular complexity index is 1810. The SMILES string of the molecule is c1ccc([Se]c2cccc3cccc([Se]c4ccc([Se]c5cccc6cccc([Se]c7ccccc7)c56)cc4)c23)cc1. The standard InChI is InChI=1S/C38H26Se4/c1-3-15-29(16-4-1)39-33-19-7-11-27-13-9-21-35(37(27)33)41-31-23-25-32(26-24-31)42-36-22-10-14-28-12-8-20-34(38(28)36)40-30-17-5-2-6-18-30/h1-26H. The van der Waals surface area contributed by atoms with Crippen LogP contribution in [0.15, 0.2) is 158 Å². The first-order valence-corrected chi connectivity index (χ1v) is 20.6. The molecule has 0 spiro atoms. The molecule has 7 aromatic rings. The van der Waals surface area contributed by atoms with Crippen molar-refractivity contribution in [2.75, 3.05) is 0 Å². The third kappa shape index (κ3) is 6.39. The van der Waals surface area contributed by atoms with Gasteiger partial charge in [-0.3, -0.25) is 0 Å². The van der Waals surface area contributed by atoms with Crippen LogP contribution in [0.1, 0.15) is 0 Å². The predicted molar refractivity (Wildman–Crippen MR) is 187 cm³/mol. The molecule has 202 valence electrons. The average molecular weight is 798 g/mol. The van der Waals surface area contributed by atoms with Gasteiger partial charge in [-0.2, -0.15) is 0 Å². The first-order valence-electron chi connectivity index (χ1n) is 13.8. The van der Waals surface area contributed by atoms with Crippen LogP contribution in [0.3, 0.4) is 0 Å². The number of hydrogen-bond acceptors (Lipinski definition) is 0. The molecule has 0 N–H and O–H groups in total. The fourth-order valence-electron chi connectivity index (χ4n) is 4.95. The molecule has 0 radical (unpaired) electrons. The molecule has 0 aromatic heterocycles. The molecule has 0 aliphatic heterocycles. The molecule has 0 atom stereocenters. The van der Waals surface area contributed by atoms with Gasteiger partial charge in [-0.05, 0) is 0 Å². The fraction of sp³-hybridized carbons (Fsp3) is 0. The number of benzene rings is 7. The molecule has 0 amide bonds. The van der Waals surface area contributed by atoms with E-state index >= 15 is 0 Å². The molecule has 0 unspecified atom stereocenters. The van der Waals surface area contributed by atoms with Crippen LogP contribution in [-0.4, -0.2) is 59.8 Å². The zero-order chi connectivity index (χ0) is 28.1. The van der Waals surface area contributed by atoms with Crippen molar-refractivity contribution in [1.82, 2.24) is 0 Å². The molecule has 0 saturated carbocycles. The van der Waals surface area contributed by atoms with E-state index in [0.29, 0.717) is 29.9 Å². The Morgan fingerprint density at radius 3 is 0.833 bits per heavy atom. The van der Waals surface area contributed by atoms with E-state index in [0.717, 1.165) is 0 Å². The molecule has 0 bridgehead atoms. The Morgan fingerprint density at radius 2 is 0.524 bits per heavy atom. The van der Waals surface area contributed by atoms with Gasteiger partial charge in [0.2, 0.25) is 0 Å². The second-order valence-corrected chi connectivity index (χ2v) is 19.1. The summed E-state index contributed by atoms with van der Waals surface area (Å²) in [6.45, 7) is 0. The van der Waals surface area contributed by atoms with Gasteiger partial charge in [-0.1, -0.05) is 0 Å². The van der Waals surface area contributed by atoms with Crippen molar-refractivity contribution in [3.05, 3.63) is 158 Å². The van der Waals surface area contributed by atoms with Gasteiger partial charge in [0.15, 0.2) is 0 Å². The fourth-order valence-corrected chi connectivity index (χ4v) is 14.1.